The molecule has 1 aromatic heterocycles. The van der Waals surface area contributed by atoms with E-state index in [2.05, 4.69) is 10.3 Å². The van der Waals surface area contributed by atoms with Gasteiger partial charge in [-0.1, -0.05) is 29.5 Å². The van der Waals surface area contributed by atoms with Crippen molar-refractivity contribution in [3.05, 3.63) is 48.2 Å². The number of aryl methyl sites for hydroxylation is 1. The number of pyridine rings is 1. The van der Waals surface area contributed by atoms with Crippen molar-refractivity contribution in [3.63, 3.8) is 0 Å². The van der Waals surface area contributed by atoms with E-state index in [9.17, 15) is 13.2 Å². The summed E-state index contributed by atoms with van der Waals surface area (Å²) in [6.45, 7) is 3.76. The van der Waals surface area contributed by atoms with Crippen LogP contribution in [0.2, 0.25) is 0 Å². The number of amides is 1. The molecule has 8 heteroatoms. The maximum Gasteiger partial charge on any atom is 0.244 e. The van der Waals surface area contributed by atoms with Crippen molar-refractivity contribution in [3.8, 4) is 0 Å². The van der Waals surface area contributed by atoms with E-state index in [0.717, 1.165) is 15.6 Å². The molecular weight excluding hydrogens is 358 g/mol. The Labute approximate surface area is 152 Å². The SMILES string of the molecule is Cc1ccc(NC(=O)[C@@H](C)Sc2ccc(S(=O)(=O)N(C)C)cn2)cc1. The first-order valence-corrected chi connectivity index (χ1v) is 9.95. The topological polar surface area (TPSA) is 79.4 Å². The van der Waals surface area contributed by atoms with Crippen molar-refractivity contribution in [1.82, 2.24) is 9.29 Å². The van der Waals surface area contributed by atoms with Crippen LogP contribution in [-0.2, 0) is 14.8 Å². The number of thioether (sulfide) groups is 1. The first-order chi connectivity index (χ1) is 11.7. The Morgan fingerprint density at radius 2 is 1.80 bits per heavy atom. The summed E-state index contributed by atoms with van der Waals surface area (Å²) in [5.41, 5.74) is 1.86. The Morgan fingerprint density at radius 3 is 2.32 bits per heavy atom. The van der Waals surface area contributed by atoms with Gasteiger partial charge in [0.1, 0.15) is 4.90 Å². The predicted octanol–water partition coefficient (Wildman–Crippen LogP) is 2.76. The molecule has 1 atom stereocenters. The average Bonchev–Trinajstić information content (AvgIpc) is 2.57. The first kappa shape index (κ1) is 19.4. The van der Waals surface area contributed by atoms with E-state index in [1.54, 1.807) is 13.0 Å². The summed E-state index contributed by atoms with van der Waals surface area (Å²) in [5, 5.41) is 3.07. The lowest BCUT2D eigenvalue weighted by Gasteiger charge is -2.13. The van der Waals surface area contributed by atoms with Gasteiger partial charge in [-0.2, -0.15) is 0 Å². The number of hydrogen-bond acceptors (Lipinski definition) is 5. The van der Waals surface area contributed by atoms with Crippen molar-refractivity contribution in [2.75, 3.05) is 19.4 Å². The molecule has 134 valence electrons. The molecule has 1 aromatic carbocycles. The number of benzene rings is 1. The third kappa shape index (κ3) is 5.04. The van der Waals surface area contributed by atoms with E-state index < -0.39 is 10.0 Å². The molecule has 0 aliphatic carbocycles. The molecule has 1 heterocycles. The predicted molar refractivity (Wildman–Crippen MR) is 100 cm³/mol. The van der Waals surface area contributed by atoms with Crippen LogP contribution in [0.15, 0.2) is 52.5 Å². The second kappa shape index (κ2) is 7.99. The van der Waals surface area contributed by atoms with Crippen LogP contribution in [0.4, 0.5) is 5.69 Å². The van der Waals surface area contributed by atoms with Gasteiger partial charge < -0.3 is 5.32 Å². The summed E-state index contributed by atoms with van der Waals surface area (Å²) in [5.74, 6) is -0.138. The molecule has 2 rings (SSSR count). The van der Waals surface area contributed by atoms with E-state index in [1.165, 1.54) is 38.1 Å². The lowest BCUT2D eigenvalue weighted by Crippen LogP contribution is -2.23. The number of carbonyl (C=O) groups is 1. The van der Waals surface area contributed by atoms with Crippen LogP contribution in [0.3, 0.4) is 0 Å². The van der Waals surface area contributed by atoms with E-state index in [0.29, 0.717) is 5.03 Å². The minimum Gasteiger partial charge on any atom is -0.325 e. The molecule has 2 aromatic rings. The highest BCUT2D eigenvalue weighted by molar-refractivity contribution is 8.00. The van der Waals surface area contributed by atoms with Crippen LogP contribution in [0, 0.1) is 6.92 Å². The molecule has 0 radical (unpaired) electrons. The second-order valence-corrected chi connectivity index (χ2v) is 9.25. The largest absolute Gasteiger partial charge is 0.325 e. The highest BCUT2D eigenvalue weighted by atomic mass is 32.2. The Kier molecular flexibility index (Phi) is 6.21. The van der Waals surface area contributed by atoms with Crippen LogP contribution in [0.5, 0.6) is 0 Å². The summed E-state index contributed by atoms with van der Waals surface area (Å²) in [6, 6.07) is 10.7. The Bertz CT molecular complexity index is 832. The number of aromatic nitrogens is 1. The van der Waals surface area contributed by atoms with Gasteiger partial charge in [-0.3, -0.25) is 4.79 Å². The van der Waals surface area contributed by atoms with Crippen molar-refractivity contribution in [1.29, 1.82) is 0 Å². The summed E-state index contributed by atoms with van der Waals surface area (Å²) >= 11 is 1.27. The first-order valence-electron chi connectivity index (χ1n) is 7.63. The molecule has 1 amide bonds. The molecule has 0 saturated carbocycles. The zero-order chi connectivity index (χ0) is 18.6. The Hall–Kier alpha value is -1.90. The lowest BCUT2D eigenvalue weighted by atomic mass is 10.2. The maximum atomic E-state index is 12.3. The third-order valence-corrected chi connectivity index (χ3v) is 6.32. The molecule has 0 aliphatic heterocycles. The van der Waals surface area contributed by atoms with Crippen LogP contribution < -0.4 is 5.32 Å². The number of hydrogen-bond donors (Lipinski definition) is 1. The van der Waals surface area contributed by atoms with Gasteiger partial charge in [-0.15, -0.1) is 0 Å². The maximum absolute atomic E-state index is 12.3. The van der Waals surface area contributed by atoms with Gasteiger partial charge >= 0.3 is 0 Å². The third-order valence-electron chi connectivity index (χ3n) is 3.47. The fraction of sp³-hybridized carbons (Fsp3) is 0.294. The molecule has 0 unspecified atom stereocenters. The molecule has 0 saturated heterocycles. The monoisotopic (exact) mass is 379 g/mol. The Balaban J connectivity index is 2.01. The summed E-state index contributed by atoms with van der Waals surface area (Å²) < 4.78 is 25.2. The second-order valence-electron chi connectivity index (χ2n) is 5.73. The minimum absolute atomic E-state index is 0.124. The van der Waals surface area contributed by atoms with Crippen LogP contribution >= 0.6 is 11.8 Å². The molecule has 0 fully saturated rings. The van der Waals surface area contributed by atoms with Crippen molar-refractivity contribution < 1.29 is 13.2 Å². The Morgan fingerprint density at radius 1 is 1.16 bits per heavy atom. The molecule has 6 nitrogen and oxygen atoms in total. The molecule has 0 aliphatic rings. The van der Waals surface area contributed by atoms with E-state index in [4.69, 9.17) is 0 Å². The number of nitrogens with one attached hydrogen (secondary N) is 1. The average molecular weight is 380 g/mol. The zero-order valence-electron chi connectivity index (χ0n) is 14.6. The fourth-order valence-corrected chi connectivity index (χ4v) is 3.55. The number of nitrogens with zero attached hydrogens (tertiary/aromatic N) is 2. The lowest BCUT2D eigenvalue weighted by molar-refractivity contribution is -0.115. The van der Waals surface area contributed by atoms with Crippen molar-refractivity contribution >= 4 is 33.4 Å². The fourth-order valence-electron chi connectivity index (χ4n) is 1.92. The number of rotatable bonds is 6. The van der Waals surface area contributed by atoms with Crippen LogP contribution in [0.25, 0.3) is 0 Å². The highest BCUT2D eigenvalue weighted by Gasteiger charge is 2.19. The molecule has 0 bridgehead atoms. The summed E-state index contributed by atoms with van der Waals surface area (Å²) in [6.07, 6.45) is 1.31. The van der Waals surface area contributed by atoms with Crippen LogP contribution in [-0.4, -0.2) is 43.0 Å². The van der Waals surface area contributed by atoms with Crippen molar-refractivity contribution in [2.24, 2.45) is 0 Å². The van der Waals surface area contributed by atoms with Gasteiger partial charge in [-0.25, -0.2) is 17.7 Å². The van der Waals surface area contributed by atoms with E-state index in [-0.39, 0.29) is 16.1 Å². The minimum atomic E-state index is -3.50. The summed E-state index contributed by atoms with van der Waals surface area (Å²) in [4.78, 5) is 16.5. The standard InChI is InChI=1S/C17H21N3O3S2/c1-12-5-7-14(8-6-12)19-17(21)13(2)24-16-10-9-15(11-18-16)25(22,23)20(3)4/h5-11,13H,1-4H3,(H,19,21)/t13-/m1/s1. The van der Waals surface area contributed by atoms with E-state index >= 15 is 0 Å². The van der Waals surface area contributed by atoms with Gasteiger partial charge in [0.25, 0.3) is 0 Å². The normalized spacial score (nSPS) is 12.8. The smallest absolute Gasteiger partial charge is 0.244 e. The van der Waals surface area contributed by atoms with E-state index in [1.807, 2.05) is 31.2 Å². The quantitative estimate of drug-likeness (QED) is 0.781. The van der Waals surface area contributed by atoms with Crippen molar-refractivity contribution in [2.45, 2.75) is 29.0 Å². The zero-order valence-corrected chi connectivity index (χ0v) is 16.2. The summed E-state index contributed by atoms with van der Waals surface area (Å²) in [7, 11) is -0.565. The number of sulfonamides is 1. The number of anilines is 1. The number of carbonyl (C=O) groups excluding carboxylic acids is 1. The van der Waals surface area contributed by atoms with Gasteiger partial charge in [0.05, 0.1) is 10.3 Å². The van der Waals surface area contributed by atoms with Gasteiger partial charge in [-0.05, 0) is 38.1 Å². The van der Waals surface area contributed by atoms with Gasteiger partial charge in [0.2, 0.25) is 15.9 Å². The van der Waals surface area contributed by atoms with Gasteiger partial charge in [0, 0.05) is 26.0 Å². The van der Waals surface area contributed by atoms with Gasteiger partial charge in [0.15, 0.2) is 0 Å². The molecular formula is C17H21N3O3S2. The molecule has 1 N–H and O–H groups in total. The molecule has 0 spiro atoms. The highest BCUT2D eigenvalue weighted by Crippen LogP contribution is 2.24. The molecule has 25 heavy (non-hydrogen) atoms. The van der Waals surface area contributed by atoms with Crippen LogP contribution in [0.1, 0.15) is 12.5 Å².